The maximum atomic E-state index is 12.3. The minimum absolute atomic E-state index is 0.160. The van der Waals surface area contributed by atoms with Gasteiger partial charge in [-0.05, 0) is 24.1 Å². The summed E-state index contributed by atoms with van der Waals surface area (Å²) < 4.78 is 0. The van der Waals surface area contributed by atoms with Crippen molar-refractivity contribution in [2.45, 2.75) is 18.4 Å². The zero-order valence-corrected chi connectivity index (χ0v) is 11.4. The Labute approximate surface area is 122 Å². The highest BCUT2D eigenvalue weighted by Crippen LogP contribution is 2.42. The molecule has 1 saturated heterocycles. The number of para-hydroxylation sites is 1. The topological polar surface area (TPSA) is 57.6 Å². The second-order valence-electron chi connectivity index (χ2n) is 5.10. The van der Waals surface area contributed by atoms with Gasteiger partial charge in [-0.2, -0.15) is 0 Å². The Bertz CT molecular complexity index is 669. The van der Waals surface area contributed by atoms with Crippen molar-refractivity contribution >= 4 is 17.6 Å². The molecule has 1 N–H and O–H groups in total. The number of hydrogen-bond donors (Lipinski definition) is 1. The molecule has 0 aliphatic carbocycles. The van der Waals surface area contributed by atoms with Crippen LogP contribution in [0.4, 0.5) is 5.69 Å². The predicted molar refractivity (Wildman–Crippen MR) is 78.9 cm³/mol. The molecule has 1 heterocycles. The van der Waals surface area contributed by atoms with Crippen molar-refractivity contribution in [3.8, 4) is 0 Å². The van der Waals surface area contributed by atoms with E-state index in [1.807, 2.05) is 12.1 Å². The van der Waals surface area contributed by atoms with Gasteiger partial charge in [0.25, 0.3) is 0 Å². The van der Waals surface area contributed by atoms with Gasteiger partial charge in [0.15, 0.2) is 5.54 Å². The monoisotopic (exact) mass is 281 g/mol. The summed E-state index contributed by atoms with van der Waals surface area (Å²) in [5.74, 6) is -1.16. The molecule has 1 atom stereocenters. The van der Waals surface area contributed by atoms with Crippen LogP contribution in [0.15, 0.2) is 60.7 Å². The van der Waals surface area contributed by atoms with Crippen LogP contribution in [0.5, 0.6) is 0 Å². The van der Waals surface area contributed by atoms with Gasteiger partial charge in [0.1, 0.15) is 0 Å². The molecule has 4 heteroatoms. The third kappa shape index (κ3) is 2.00. The summed E-state index contributed by atoms with van der Waals surface area (Å²) >= 11 is 0. The van der Waals surface area contributed by atoms with E-state index in [1.165, 1.54) is 4.90 Å². The van der Waals surface area contributed by atoms with Crippen molar-refractivity contribution in [3.05, 3.63) is 66.2 Å². The van der Waals surface area contributed by atoms with Gasteiger partial charge in [-0.3, -0.25) is 9.69 Å². The Morgan fingerprint density at radius 1 is 1.00 bits per heavy atom. The Hall–Kier alpha value is -2.62. The van der Waals surface area contributed by atoms with Crippen molar-refractivity contribution < 1.29 is 14.7 Å². The molecule has 1 aliphatic rings. The molecule has 2 aromatic rings. The zero-order chi connectivity index (χ0) is 14.9. The third-order valence-electron chi connectivity index (χ3n) is 3.95. The number of carbonyl (C=O) groups is 2. The highest BCUT2D eigenvalue weighted by atomic mass is 16.4. The molecule has 106 valence electrons. The van der Waals surface area contributed by atoms with E-state index in [-0.39, 0.29) is 18.7 Å². The second-order valence-corrected chi connectivity index (χ2v) is 5.10. The van der Waals surface area contributed by atoms with E-state index in [1.54, 1.807) is 48.5 Å². The molecule has 0 spiro atoms. The molecule has 0 saturated carbocycles. The predicted octanol–water partition coefficient (Wildman–Crippen LogP) is 2.79. The summed E-state index contributed by atoms with van der Waals surface area (Å²) in [6.07, 6.45) is 0.510. The first-order valence-corrected chi connectivity index (χ1v) is 6.83. The van der Waals surface area contributed by atoms with E-state index in [4.69, 9.17) is 0 Å². The first-order chi connectivity index (χ1) is 10.2. The van der Waals surface area contributed by atoms with Crippen molar-refractivity contribution in [2.75, 3.05) is 4.90 Å². The van der Waals surface area contributed by atoms with Crippen molar-refractivity contribution in [2.24, 2.45) is 0 Å². The van der Waals surface area contributed by atoms with Gasteiger partial charge >= 0.3 is 5.97 Å². The van der Waals surface area contributed by atoms with Crippen LogP contribution in [0.2, 0.25) is 0 Å². The molecule has 0 aromatic heterocycles. The minimum atomic E-state index is -1.32. The second kappa shape index (κ2) is 5.05. The molecule has 1 fully saturated rings. The molecule has 0 unspecified atom stereocenters. The summed E-state index contributed by atoms with van der Waals surface area (Å²) in [5, 5.41) is 9.87. The van der Waals surface area contributed by atoms with Gasteiger partial charge in [-0.1, -0.05) is 48.5 Å². The van der Waals surface area contributed by atoms with Crippen LogP contribution in [0.1, 0.15) is 18.4 Å². The summed E-state index contributed by atoms with van der Waals surface area (Å²) in [6, 6.07) is 18.0. The van der Waals surface area contributed by atoms with Crippen molar-refractivity contribution in [1.29, 1.82) is 0 Å². The fourth-order valence-corrected chi connectivity index (χ4v) is 2.98. The molecule has 2 aromatic carbocycles. The number of benzene rings is 2. The lowest BCUT2D eigenvalue weighted by Crippen LogP contribution is -2.49. The first kappa shape index (κ1) is 13.4. The molecule has 4 nitrogen and oxygen atoms in total. The van der Waals surface area contributed by atoms with E-state index in [0.29, 0.717) is 11.3 Å². The quantitative estimate of drug-likeness (QED) is 0.941. The Kier molecular flexibility index (Phi) is 3.22. The number of aliphatic carboxylic acids is 1. The first-order valence-electron chi connectivity index (χ1n) is 6.83. The van der Waals surface area contributed by atoms with Gasteiger partial charge in [0.05, 0.1) is 0 Å². The van der Waals surface area contributed by atoms with Crippen LogP contribution >= 0.6 is 0 Å². The highest BCUT2D eigenvalue weighted by molar-refractivity contribution is 6.05. The number of carboxylic acid groups (broad SMARTS) is 1. The Morgan fingerprint density at radius 2 is 1.57 bits per heavy atom. The number of anilines is 1. The molecule has 1 amide bonds. The van der Waals surface area contributed by atoms with Crippen LogP contribution in [0.3, 0.4) is 0 Å². The van der Waals surface area contributed by atoms with E-state index >= 15 is 0 Å². The van der Waals surface area contributed by atoms with Crippen molar-refractivity contribution in [1.82, 2.24) is 0 Å². The number of carboxylic acids is 1. The normalized spacial score (nSPS) is 21.5. The average molecular weight is 281 g/mol. The Balaban J connectivity index is 2.20. The van der Waals surface area contributed by atoms with E-state index in [2.05, 4.69) is 0 Å². The lowest BCUT2D eigenvalue weighted by atomic mass is 9.87. The lowest BCUT2D eigenvalue weighted by Gasteiger charge is -2.35. The maximum Gasteiger partial charge on any atom is 0.334 e. The number of amides is 1. The van der Waals surface area contributed by atoms with E-state index in [9.17, 15) is 14.7 Å². The molecule has 0 radical (unpaired) electrons. The van der Waals surface area contributed by atoms with Crippen LogP contribution < -0.4 is 4.90 Å². The van der Waals surface area contributed by atoms with Gasteiger partial charge in [-0.15, -0.1) is 0 Å². The van der Waals surface area contributed by atoms with Crippen molar-refractivity contribution in [3.63, 3.8) is 0 Å². The average Bonchev–Trinajstić information content (AvgIpc) is 2.87. The molecule has 3 rings (SSSR count). The minimum Gasteiger partial charge on any atom is -0.479 e. The van der Waals surface area contributed by atoms with Crippen LogP contribution in [0.25, 0.3) is 0 Å². The van der Waals surface area contributed by atoms with Gasteiger partial charge in [0, 0.05) is 12.1 Å². The SMILES string of the molecule is O=C1CC[C@@](C(=O)O)(c2ccccc2)N1c1ccccc1. The summed E-state index contributed by atoms with van der Waals surface area (Å²) in [5.41, 5.74) is -0.0712. The highest BCUT2D eigenvalue weighted by Gasteiger charge is 2.53. The Morgan fingerprint density at radius 3 is 2.14 bits per heavy atom. The van der Waals surface area contributed by atoms with Crippen LogP contribution in [-0.4, -0.2) is 17.0 Å². The van der Waals surface area contributed by atoms with Gasteiger partial charge in [0.2, 0.25) is 5.91 Å². The smallest absolute Gasteiger partial charge is 0.334 e. The van der Waals surface area contributed by atoms with E-state index < -0.39 is 11.5 Å². The molecule has 21 heavy (non-hydrogen) atoms. The summed E-state index contributed by atoms with van der Waals surface area (Å²) in [7, 11) is 0. The molecular weight excluding hydrogens is 266 g/mol. The maximum absolute atomic E-state index is 12.3. The van der Waals surface area contributed by atoms with Gasteiger partial charge in [-0.25, -0.2) is 4.79 Å². The molecular formula is C17H15NO3. The standard InChI is InChI=1S/C17H15NO3/c19-15-11-12-17(16(20)21,13-7-3-1-4-8-13)18(15)14-9-5-2-6-10-14/h1-10H,11-12H2,(H,20,21)/t17-/m0/s1. The number of nitrogens with zero attached hydrogens (tertiary/aromatic N) is 1. The van der Waals surface area contributed by atoms with Crippen LogP contribution in [-0.2, 0) is 15.1 Å². The largest absolute Gasteiger partial charge is 0.479 e. The van der Waals surface area contributed by atoms with E-state index in [0.717, 1.165) is 0 Å². The summed E-state index contributed by atoms with van der Waals surface area (Å²) in [4.78, 5) is 25.8. The molecule has 0 bridgehead atoms. The fourth-order valence-electron chi connectivity index (χ4n) is 2.98. The number of carbonyl (C=O) groups excluding carboxylic acids is 1. The fraction of sp³-hybridized carbons (Fsp3) is 0.176. The van der Waals surface area contributed by atoms with Gasteiger partial charge < -0.3 is 5.11 Å². The lowest BCUT2D eigenvalue weighted by molar-refractivity contribution is -0.144. The van der Waals surface area contributed by atoms with Crippen LogP contribution in [0, 0.1) is 0 Å². The molecule has 1 aliphatic heterocycles. The number of hydrogen-bond acceptors (Lipinski definition) is 2. The summed E-state index contributed by atoms with van der Waals surface area (Å²) in [6.45, 7) is 0. The number of rotatable bonds is 3. The zero-order valence-electron chi connectivity index (χ0n) is 11.4. The third-order valence-corrected chi connectivity index (χ3v) is 3.95.